The van der Waals surface area contributed by atoms with Gasteiger partial charge in [0.2, 0.25) is 0 Å². The molecule has 1 aromatic heterocycles. The molecular formula is C17H17BrN2S. The standard InChI is InChI=1S/C17H17BrN2S/c1-17(2,3)12-6-4-5-7-13(12)19-16-20-14-9-8-11(18)10-15(14)21-16/h4-10H,1-3H3,(H,19,20). The minimum absolute atomic E-state index is 0.100. The molecule has 0 spiro atoms. The van der Waals surface area contributed by atoms with Gasteiger partial charge in [-0.2, -0.15) is 0 Å². The molecule has 0 saturated heterocycles. The van der Waals surface area contributed by atoms with Crippen molar-refractivity contribution < 1.29 is 0 Å². The molecule has 0 bridgehead atoms. The summed E-state index contributed by atoms with van der Waals surface area (Å²) in [6, 6.07) is 14.6. The lowest BCUT2D eigenvalue weighted by molar-refractivity contribution is 0.592. The molecule has 0 saturated carbocycles. The fourth-order valence-electron chi connectivity index (χ4n) is 2.31. The van der Waals surface area contributed by atoms with Gasteiger partial charge in [0.05, 0.1) is 10.2 Å². The van der Waals surface area contributed by atoms with Gasteiger partial charge in [0.1, 0.15) is 0 Å². The number of anilines is 2. The molecule has 0 fully saturated rings. The third-order valence-electron chi connectivity index (χ3n) is 3.33. The Bertz CT molecular complexity index is 787. The first-order valence-corrected chi connectivity index (χ1v) is 8.47. The molecule has 2 aromatic carbocycles. The van der Waals surface area contributed by atoms with Crippen LogP contribution < -0.4 is 5.32 Å². The van der Waals surface area contributed by atoms with Crippen LogP contribution in [0.1, 0.15) is 26.3 Å². The average Bonchev–Trinajstić information content (AvgIpc) is 2.79. The van der Waals surface area contributed by atoms with E-state index in [0.29, 0.717) is 0 Å². The highest BCUT2D eigenvalue weighted by molar-refractivity contribution is 9.10. The number of rotatable bonds is 2. The minimum atomic E-state index is 0.100. The first-order chi connectivity index (χ1) is 9.93. The Kier molecular flexibility index (Phi) is 3.76. The second kappa shape index (κ2) is 5.43. The van der Waals surface area contributed by atoms with Crippen LogP contribution in [0.5, 0.6) is 0 Å². The zero-order chi connectivity index (χ0) is 15.0. The van der Waals surface area contributed by atoms with E-state index in [2.05, 4.69) is 77.3 Å². The molecular weight excluding hydrogens is 344 g/mol. The Hall–Kier alpha value is -1.39. The van der Waals surface area contributed by atoms with Crippen LogP contribution in [0.3, 0.4) is 0 Å². The van der Waals surface area contributed by atoms with Gasteiger partial charge in [-0.05, 0) is 35.2 Å². The number of aromatic nitrogens is 1. The van der Waals surface area contributed by atoms with Gasteiger partial charge in [0, 0.05) is 10.2 Å². The van der Waals surface area contributed by atoms with Crippen LogP contribution in [-0.2, 0) is 5.41 Å². The van der Waals surface area contributed by atoms with Crippen molar-refractivity contribution >= 4 is 48.3 Å². The molecule has 1 heterocycles. The van der Waals surface area contributed by atoms with Gasteiger partial charge in [-0.3, -0.25) is 0 Å². The third kappa shape index (κ3) is 3.11. The molecule has 0 aliphatic carbocycles. The molecule has 0 aliphatic heterocycles. The summed E-state index contributed by atoms with van der Waals surface area (Å²) in [6.07, 6.45) is 0. The summed E-state index contributed by atoms with van der Waals surface area (Å²) >= 11 is 5.18. The molecule has 108 valence electrons. The smallest absolute Gasteiger partial charge is 0.188 e. The molecule has 3 rings (SSSR count). The molecule has 0 amide bonds. The SMILES string of the molecule is CC(C)(C)c1ccccc1Nc1nc2ccc(Br)cc2s1. The van der Waals surface area contributed by atoms with Crippen molar-refractivity contribution in [3.63, 3.8) is 0 Å². The maximum atomic E-state index is 4.66. The summed E-state index contributed by atoms with van der Waals surface area (Å²) in [7, 11) is 0. The Morgan fingerprint density at radius 1 is 1.10 bits per heavy atom. The van der Waals surface area contributed by atoms with Crippen LogP contribution in [0.2, 0.25) is 0 Å². The van der Waals surface area contributed by atoms with Crippen molar-refractivity contribution in [2.45, 2.75) is 26.2 Å². The molecule has 1 N–H and O–H groups in total. The van der Waals surface area contributed by atoms with Gasteiger partial charge in [-0.15, -0.1) is 0 Å². The quantitative estimate of drug-likeness (QED) is 0.597. The summed E-state index contributed by atoms with van der Waals surface area (Å²) in [5.74, 6) is 0. The Morgan fingerprint density at radius 3 is 2.62 bits per heavy atom. The number of benzene rings is 2. The topological polar surface area (TPSA) is 24.9 Å². The monoisotopic (exact) mass is 360 g/mol. The summed E-state index contributed by atoms with van der Waals surface area (Å²) in [5.41, 5.74) is 3.55. The third-order valence-corrected chi connectivity index (χ3v) is 4.75. The number of para-hydroxylation sites is 1. The zero-order valence-corrected chi connectivity index (χ0v) is 14.7. The fraction of sp³-hybridized carbons (Fsp3) is 0.235. The molecule has 0 unspecified atom stereocenters. The van der Waals surface area contributed by atoms with Gasteiger partial charge in [-0.25, -0.2) is 4.98 Å². The predicted octanol–water partition coefficient (Wildman–Crippen LogP) is 6.10. The lowest BCUT2D eigenvalue weighted by Gasteiger charge is -2.22. The maximum Gasteiger partial charge on any atom is 0.188 e. The lowest BCUT2D eigenvalue weighted by Crippen LogP contribution is -2.13. The van der Waals surface area contributed by atoms with Crippen LogP contribution in [-0.4, -0.2) is 4.98 Å². The van der Waals surface area contributed by atoms with Gasteiger partial charge in [0.25, 0.3) is 0 Å². The maximum absolute atomic E-state index is 4.66. The van der Waals surface area contributed by atoms with E-state index < -0.39 is 0 Å². The van der Waals surface area contributed by atoms with Crippen LogP contribution in [0, 0.1) is 0 Å². The van der Waals surface area contributed by atoms with Crippen molar-refractivity contribution in [3.05, 3.63) is 52.5 Å². The van der Waals surface area contributed by atoms with Gasteiger partial charge >= 0.3 is 0 Å². The van der Waals surface area contributed by atoms with Crippen LogP contribution >= 0.6 is 27.3 Å². The molecule has 4 heteroatoms. The predicted molar refractivity (Wildman–Crippen MR) is 95.7 cm³/mol. The second-order valence-electron chi connectivity index (χ2n) is 6.05. The van der Waals surface area contributed by atoms with Crippen LogP contribution in [0.15, 0.2) is 46.9 Å². The van der Waals surface area contributed by atoms with Gasteiger partial charge < -0.3 is 5.32 Å². The zero-order valence-electron chi connectivity index (χ0n) is 12.3. The van der Waals surface area contributed by atoms with Gasteiger partial charge in [-0.1, -0.05) is 66.2 Å². The molecule has 0 radical (unpaired) electrons. The van der Waals surface area contributed by atoms with E-state index in [-0.39, 0.29) is 5.41 Å². The van der Waals surface area contributed by atoms with Crippen LogP contribution in [0.25, 0.3) is 10.2 Å². The number of nitrogens with zero attached hydrogens (tertiary/aromatic N) is 1. The number of thiazole rings is 1. The number of nitrogens with one attached hydrogen (secondary N) is 1. The molecule has 2 nitrogen and oxygen atoms in total. The first-order valence-electron chi connectivity index (χ1n) is 6.86. The highest BCUT2D eigenvalue weighted by atomic mass is 79.9. The molecule has 0 atom stereocenters. The van der Waals surface area contributed by atoms with Crippen molar-refractivity contribution in [3.8, 4) is 0 Å². The molecule has 21 heavy (non-hydrogen) atoms. The van der Waals surface area contributed by atoms with E-state index in [1.54, 1.807) is 11.3 Å². The highest BCUT2D eigenvalue weighted by Gasteiger charge is 2.18. The number of hydrogen-bond acceptors (Lipinski definition) is 3. The van der Waals surface area contributed by atoms with E-state index in [9.17, 15) is 0 Å². The normalized spacial score (nSPS) is 11.8. The van der Waals surface area contributed by atoms with E-state index in [4.69, 9.17) is 0 Å². The van der Waals surface area contributed by atoms with E-state index in [0.717, 1.165) is 20.8 Å². The summed E-state index contributed by atoms with van der Waals surface area (Å²) in [4.78, 5) is 4.66. The van der Waals surface area contributed by atoms with E-state index >= 15 is 0 Å². The number of halogens is 1. The molecule has 0 aliphatic rings. The largest absolute Gasteiger partial charge is 0.331 e. The Balaban J connectivity index is 1.99. The van der Waals surface area contributed by atoms with Crippen molar-refractivity contribution in [1.82, 2.24) is 4.98 Å². The Morgan fingerprint density at radius 2 is 1.86 bits per heavy atom. The van der Waals surface area contributed by atoms with Crippen LogP contribution in [0.4, 0.5) is 10.8 Å². The Labute approximate surface area is 137 Å². The minimum Gasteiger partial charge on any atom is -0.331 e. The van der Waals surface area contributed by atoms with Crippen molar-refractivity contribution in [1.29, 1.82) is 0 Å². The second-order valence-corrected chi connectivity index (χ2v) is 8.00. The average molecular weight is 361 g/mol. The highest BCUT2D eigenvalue weighted by Crippen LogP contribution is 2.34. The fourth-order valence-corrected chi connectivity index (χ4v) is 3.74. The summed E-state index contributed by atoms with van der Waals surface area (Å²) in [6.45, 7) is 6.68. The summed E-state index contributed by atoms with van der Waals surface area (Å²) < 4.78 is 2.26. The van der Waals surface area contributed by atoms with E-state index in [1.807, 2.05) is 12.1 Å². The van der Waals surface area contributed by atoms with Gasteiger partial charge in [0.15, 0.2) is 5.13 Å². The molecule has 3 aromatic rings. The number of fused-ring (bicyclic) bond motifs is 1. The first kappa shape index (κ1) is 14.5. The lowest BCUT2D eigenvalue weighted by atomic mass is 9.86. The van der Waals surface area contributed by atoms with Crippen molar-refractivity contribution in [2.75, 3.05) is 5.32 Å². The number of hydrogen-bond donors (Lipinski definition) is 1. The van der Waals surface area contributed by atoms with Crippen molar-refractivity contribution in [2.24, 2.45) is 0 Å². The summed E-state index contributed by atoms with van der Waals surface area (Å²) in [5, 5.41) is 4.41. The van der Waals surface area contributed by atoms with E-state index in [1.165, 1.54) is 10.3 Å².